The van der Waals surface area contributed by atoms with Crippen molar-refractivity contribution in [3.63, 3.8) is 0 Å². The van der Waals surface area contributed by atoms with Crippen LogP contribution in [0.3, 0.4) is 0 Å². The lowest BCUT2D eigenvalue weighted by Gasteiger charge is -2.38. The van der Waals surface area contributed by atoms with E-state index in [-0.39, 0.29) is 11.5 Å². The van der Waals surface area contributed by atoms with E-state index in [1.807, 2.05) is 0 Å². The third-order valence-corrected chi connectivity index (χ3v) is 3.13. The average Bonchev–Trinajstić information content (AvgIpc) is 1.79. The summed E-state index contributed by atoms with van der Waals surface area (Å²) in [5.74, 6) is 0.772. The van der Waals surface area contributed by atoms with Crippen LogP contribution in [0.4, 0.5) is 0 Å². The van der Waals surface area contributed by atoms with E-state index in [2.05, 4.69) is 48.5 Å². The van der Waals surface area contributed by atoms with Crippen molar-refractivity contribution < 1.29 is 0 Å². The first kappa shape index (κ1) is 14.0. The van der Waals surface area contributed by atoms with Crippen LogP contribution < -0.4 is 5.73 Å². The number of rotatable bonds is 5. The van der Waals surface area contributed by atoms with Crippen LogP contribution in [-0.4, -0.2) is 6.04 Å². The lowest BCUT2D eigenvalue weighted by atomic mass is 9.69. The van der Waals surface area contributed by atoms with Crippen molar-refractivity contribution in [2.75, 3.05) is 0 Å². The van der Waals surface area contributed by atoms with Crippen molar-refractivity contribution in [2.45, 2.75) is 67.3 Å². The van der Waals surface area contributed by atoms with Gasteiger partial charge in [-0.05, 0) is 36.5 Å². The van der Waals surface area contributed by atoms with E-state index in [1.54, 1.807) is 0 Å². The fraction of sp³-hybridized carbons (Fsp3) is 1.00. The second-order valence-electron chi connectivity index (χ2n) is 6.72. The standard InChI is InChI=1S/C13H29N/c1-10(2)8-12(4,5)9-13(6,7)11(3)14/h10-11H,8-9,14H2,1-7H3. The molecule has 86 valence electrons. The van der Waals surface area contributed by atoms with Gasteiger partial charge in [0.1, 0.15) is 0 Å². The summed E-state index contributed by atoms with van der Waals surface area (Å²) in [5.41, 5.74) is 6.66. The van der Waals surface area contributed by atoms with Gasteiger partial charge in [0.15, 0.2) is 0 Å². The van der Waals surface area contributed by atoms with E-state index in [4.69, 9.17) is 5.73 Å². The van der Waals surface area contributed by atoms with Gasteiger partial charge >= 0.3 is 0 Å². The zero-order chi connectivity index (χ0) is 11.6. The summed E-state index contributed by atoms with van der Waals surface area (Å²) >= 11 is 0. The Kier molecular flexibility index (Phi) is 4.64. The molecule has 1 atom stereocenters. The molecule has 2 N–H and O–H groups in total. The molecule has 0 spiro atoms. The zero-order valence-electron chi connectivity index (χ0n) is 11.1. The second-order valence-corrected chi connectivity index (χ2v) is 6.72. The quantitative estimate of drug-likeness (QED) is 0.715. The molecule has 0 bridgehead atoms. The first-order chi connectivity index (χ1) is 6.07. The van der Waals surface area contributed by atoms with E-state index in [1.165, 1.54) is 12.8 Å². The molecule has 1 unspecified atom stereocenters. The van der Waals surface area contributed by atoms with Crippen LogP contribution >= 0.6 is 0 Å². The molecule has 0 fully saturated rings. The molecule has 0 saturated carbocycles. The third-order valence-electron chi connectivity index (χ3n) is 3.13. The largest absolute Gasteiger partial charge is 0.327 e. The molecule has 1 heteroatoms. The van der Waals surface area contributed by atoms with Crippen molar-refractivity contribution in [2.24, 2.45) is 22.5 Å². The topological polar surface area (TPSA) is 26.0 Å². The molecule has 0 aromatic rings. The maximum Gasteiger partial charge on any atom is 0.00619 e. The predicted octanol–water partition coefficient (Wildman–Crippen LogP) is 3.82. The molecule has 1 nitrogen and oxygen atoms in total. The van der Waals surface area contributed by atoms with Crippen LogP contribution in [0.5, 0.6) is 0 Å². The molecule has 0 aromatic heterocycles. The van der Waals surface area contributed by atoms with Gasteiger partial charge in [0.25, 0.3) is 0 Å². The molecule has 0 heterocycles. The van der Waals surface area contributed by atoms with Crippen LogP contribution in [0.2, 0.25) is 0 Å². The van der Waals surface area contributed by atoms with Crippen molar-refractivity contribution in [3.8, 4) is 0 Å². The summed E-state index contributed by atoms with van der Waals surface area (Å²) in [5, 5.41) is 0. The summed E-state index contributed by atoms with van der Waals surface area (Å²) in [6.07, 6.45) is 2.49. The molecule has 14 heavy (non-hydrogen) atoms. The molecule has 0 aromatic carbocycles. The maximum absolute atomic E-state index is 6.01. The Morgan fingerprint density at radius 1 is 1.00 bits per heavy atom. The van der Waals surface area contributed by atoms with Crippen LogP contribution in [0.25, 0.3) is 0 Å². The van der Waals surface area contributed by atoms with Crippen LogP contribution in [0.15, 0.2) is 0 Å². The summed E-state index contributed by atoms with van der Waals surface area (Å²) in [7, 11) is 0. The summed E-state index contributed by atoms with van der Waals surface area (Å²) in [4.78, 5) is 0. The minimum Gasteiger partial charge on any atom is -0.327 e. The van der Waals surface area contributed by atoms with Crippen molar-refractivity contribution >= 4 is 0 Å². The molecular weight excluding hydrogens is 170 g/mol. The van der Waals surface area contributed by atoms with Crippen LogP contribution in [-0.2, 0) is 0 Å². The Balaban J connectivity index is 4.34. The minimum atomic E-state index is 0.248. The molecule has 0 rings (SSSR count). The van der Waals surface area contributed by atoms with Gasteiger partial charge in [0.2, 0.25) is 0 Å². The first-order valence-electron chi connectivity index (χ1n) is 5.82. The number of hydrogen-bond acceptors (Lipinski definition) is 1. The highest BCUT2D eigenvalue weighted by Crippen LogP contribution is 2.39. The van der Waals surface area contributed by atoms with E-state index in [9.17, 15) is 0 Å². The van der Waals surface area contributed by atoms with Crippen molar-refractivity contribution in [1.82, 2.24) is 0 Å². The molecule has 0 aliphatic heterocycles. The predicted molar refractivity (Wildman–Crippen MR) is 65.3 cm³/mol. The van der Waals surface area contributed by atoms with Crippen molar-refractivity contribution in [1.29, 1.82) is 0 Å². The van der Waals surface area contributed by atoms with Gasteiger partial charge in [-0.25, -0.2) is 0 Å². The molecule has 0 radical (unpaired) electrons. The fourth-order valence-electron chi connectivity index (χ4n) is 2.57. The van der Waals surface area contributed by atoms with Crippen LogP contribution in [0, 0.1) is 16.7 Å². The second kappa shape index (κ2) is 4.65. The Hall–Kier alpha value is -0.0400. The molecule has 0 amide bonds. The lowest BCUT2D eigenvalue weighted by molar-refractivity contribution is 0.144. The molecular formula is C13H29N. The first-order valence-corrected chi connectivity index (χ1v) is 5.82. The summed E-state index contributed by atoms with van der Waals surface area (Å²) in [6, 6.07) is 0.272. The Bertz CT molecular complexity index is 166. The SMILES string of the molecule is CC(C)CC(C)(C)CC(C)(C)C(C)N. The normalized spacial score (nSPS) is 16.1. The highest BCUT2D eigenvalue weighted by atomic mass is 14.7. The van der Waals surface area contributed by atoms with Gasteiger partial charge in [-0.2, -0.15) is 0 Å². The van der Waals surface area contributed by atoms with Gasteiger partial charge in [-0.15, -0.1) is 0 Å². The molecule has 0 saturated heterocycles. The van der Waals surface area contributed by atoms with E-state index in [0.717, 1.165) is 5.92 Å². The van der Waals surface area contributed by atoms with Gasteiger partial charge < -0.3 is 5.73 Å². The Morgan fingerprint density at radius 3 is 1.71 bits per heavy atom. The number of hydrogen-bond donors (Lipinski definition) is 1. The average molecular weight is 199 g/mol. The third kappa shape index (κ3) is 4.99. The zero-order valence-corrected chi connectivity index (χ0v) is 11.1. The van der Waals surface area contributed by atoms with Crippen molar-refractivity contribution in [3.05, 3.63) is 0 Å². The van der Waals surface area contributed by atoms with Gasteiger partial charge in [0.05, 0.1) is 0 Å². The summed E-state index contributed by atoms with van der Waals surface area (Å²) < 4.78 is 0. The number of nitrogens with two attached hydrogens (primary N) is 1. The van der Waals surface area contributed by atoms with E-state index in [0.29, 0.717) is 5.41 Å². The highest BCUT2D eigenvalue weighted by Gasteiger charge is 2.31. The lowest BCUT2D eigenvalue weighted by Crippen LogP contribution is -2.38. The summed E-state index contributed by atoms with van der Waals surface area (Å²) in [6.45, 7) is 16.0. The Morgan fingerprint density at radius 2 is 1.43 bits per heavy atom. The Labute approximate surface area is 90.5 Å². The van der Waals surface area contributed by atoms with E-state index >= 15 is 0 Å². The van der Waals surface area contributed by atoms with Crippen LogP contribution in [0.1, 0.15) is 61.3 Å². The van der Waals surface area contributed by atoms with Gasteiger partial charge in [-0.1, -0.05) is 41.5 Å². The molecule has 0 aliphatic rings. The smallest absolute Gasteiger partial charge is 0.00619 e. The van der Waals surface area contributed by atoms with Gasteiger partial charge in [0, 0.05) is 6.04 Å². The fourth-order valence-corrected chi connectivity index (χ4v) is 2.57. The maximum atomic E-state index is 6.01. The molecule has 0 aliphatic carbocycles. The van der Waals surface area contributed by atoms with E-state index < -0.39 is 0 Å². The van der Waals surface area contributed by atoms with Gasteiger partial charge in [-0.3, -0.25) is 0 Å². The highest BCUT2D eigenvalue weighted by molar-refractivity contribution is 4.85. The minimum absolute atomic E-state index is 0.248. The monoisotopic (exact) mass is 199 g/mol.